The number of nitrogens with one attached hydrogen (secondary N) is 1. The van der Waals surface area contributed by atoms with Gasteiger partial charge in [-0.25, -0.2) is 4.98 Å². The van der Waals surface area contributed by atoms with E-state index >= 15 is 0 Å². The third-order valence-corrected chi connectivity index (χ3v) is 7.47. The SMILES string of the molecule is CC1CN(C(=O)c2ccc(-c3cncc(-c4cc(NC5CC5)nc(-c5ccccn5)c4)c3)cc2)CCN1C. The first-order valence-electron chi connectivity index (χ1n) is 13.3. The van der Waals surface area contributed by atoms with E-state index in [1.807, 2.05) is 59.8 Å². The van der Waals surface area contributed by atoms with Crippen molar-refractivity contribution in [2.75, 3.05) is 32.0 Å². The van der Waals surface area contributed by atoms with E-state index in [0.717, 1.165) is 64.7 Å². The van der Waals surface area contributed by atoms with Gasteiger partial charge in [0.2, 0.25) is 0 Å². The fourth-order valence-corrected chi connectivity index (χ4v) is 4.83. The molecule has 4 aromatic rings. The molecule has 2 aliphatic rings. The van der Waals surface area contributed by atoms with Gasteiger partial charge < -0.3 is 15.1 Å². The zero-order chi connectivity index (χ0) is 26.1. The average Bonchev–Trinajstić information content (AvgIpc) is 3.78. The van der Waals surface area contributed by atoms with Crippen LogP contribution in [0.5, 0.6) is 0 Å². The molecular formula is C31H32N6O. The molecular weight excluding hydrogens is 472 g/mol. The van der Waals surface area contributed by atoms with E-state index in [1.54, 1.807) is 6.20 Å². The molecule has 0 bridgehead atoms. The molecule has 1 aromatic carbocycles. The van der Waals surface area contributed by atoms with Crippen molar-refractivity contribution in [1.29, 1.82) is 0 Å². The molecule has 7 heteroatoms. The number of rotatable bonds is 6. The number of benzene rings is 1. The molecule has 4 heterocycles. The van der Waals surface area contributed by atoms with Gasteiger partial charge in [-0.1, -0.05) is 18.2 Å². The molecule has 7 nitrogen and oxygen atoms in total. The zero-order valence-corrected chi connectivity index (χ0v) is 21.8. The summed E-state index contributed by atoms with van der Waals surface area (Å²) >= 11 is 0. The quantitative estimate of drug-likeness (QED) is 0.388. The van der Waals surface area contributed by atoms with Gasteiger partial charge in [0.1, 0.15) is 5.82 Å². The monoisotopic (exact) mass is 504 g/mol. The second-order valence-electron chi connectivity index (χ2n) is 10.4. The summed E-state index contributed by atoms with van der Waals surface area (Å²) in [6.07, 6.45) is 7.89. The van der Waals surface area contributed by atoms with Gasteiger partial charge in [-0.15, -0.1) is 0 Å². The van der Waals surface area contributed by atoms with Crippen LogP contribution in [0.4, 0.5) is 5.82 Å². The molecule has 1 aliphatic heterocycles. The Labute approximate surface area is 223 Å². The molecule has 1 saturated carbocycles. The number of nitrogens with zero attached hydrogens (tertiary/aromatic N) is 5. The van der Waals surface area contributed by atoms with E-state index in [9.17, 15) is 4.79 Å². The lowest BCUT2D eigenvalue weighted by atomic mass is 10.0. The molecule has 38 heavy (non-hydrogen) atoms. The number of pyridine rings is 3. The van der Waals surface area contributed by atoms with Crippen LogP contribution in [0.1, 0.15) is 30.1 Å². The number of hydrogen-bond acceptors (Lipinski definition) is 6. The molecule has 1 amide bonds. The maximum atomic E-state index is 13.1. The second-order valence-corrected chi connectivity index (χ2v) is 10.4. The van der Waals surface area contributed by atoms with Gasteiger partial charge in [-0.05, 0) is 80.4 Å². The summed E-state index contributed by atoms with van der Waals surface area (Å²) in [7, 11) is 2.11. The summed E-state index contributed by atoms with van der Waals surface area (Å²) in [6, 6.07) is 20.9. The Morgan fingerprint density at radius 3 is 2.39 bits per heavy atom. The summed E-state index contributed by atoms with van der Waals surface area (Å²) in [5, 5.41) is 3.53. The van der Waals surface area contributed by atoms with Crippen LogP contribution < -0.4 is 5.32 Å². The smallest absolute Gasteiger partial charge is 0.253 e. The summed E-state index contributed by atoms with van der Waals surface area (Å²) in [6.45, 7) is 4.58. The maximum absolute atomic E-state index is 13.1. The van der Waals surface area contributed by atoms with Crippen LogP contribution in [0.25, 0.3) is 33.6 Å². The summed E-state index contributed by atoms with van der Waals surface area (Å²) in [5.41, 5.74) is 6.46. The number of hydrogen-bond donors (Lipinski definition) is 1. The van der Waals surface area contributed by atoms with Crippen molar-refractivity contribution in [3.8, 4) is 33.6 Å². The van der Waals surface area contributed by atoms with E-state index in [1.165, 1.54) is 12.8 Å². The number of aromatic nitrogens is 3. The second kappa shape index (κ2) is 10.3. The number of carbonyl (C=O) groups is 1. The first-order valence-corrected chi connectivity index (χ1v) is 13.3. The Morgan fingerprint density at radius 2 is 1.68 bits per heavy atom. The number of likely N-dealkylation sites (N-methyl/N-ethyl adjacent to an activating group) is 1. The topological polar surface area (TPSA) is 74.2 Å². The Morgan fingerprint density at radius 1 is 0.895 bits per heavy atom. The Kier molecular flexibility index (Phi) is 6.60. The van der Waals surface area contributed by atoms with E-state index in [0.29, 0.717) is 12.1 Å². The minimum Gasteiger partial charge on any atom is -0.367 e. The van der Waals surface area contributed by atoms with Crippen molar-refractivity contribution < 1.29 is 4.79 Å². The number of anilines is 1. The number of carbonyl (C=O) groups excluding carboxylic acids is 1. The van der Waals surface area contributed by atoms with Crippen LogP contribution in [0.2, 0.25) is 0 Å². The highest BCUT2D eigenvalue weighted by atomic mass is 16.2. The van der Waals surface area contributed by atoms with E-state index in [4.69, 9.17) is 4.98 Å². The lowest BCUT2D eigenvalue weighted by Crippen LogP contribution is -2.52. The molecule has 0 radical (unpaired) electrons. The van der Waals surface area contributed by atoms with Gasteiger partial charge in [0.25, 0.3) is 5.91 Å². The maximum Gasteiger partial charge on any atom is 0.253 e. The van der Waals surface area contributed by atoms with Crippen LogP contribution in [-0.4, -0.2) is 69.4 Å². The third kappa shape index (κ3) is 5.29. The number of amides is 1. The fourth-order valence-electron chi connectivity index (χ4n) is 4.83. The zero-order valence-electron chi connectivity index (χ0n) is 21.8. The molecule has 1 atom stereocenters. The van der Waals surface area contributed by atoms with E-state index in [2.05, 4.69) is 52.4 Å². The minimum atomic E-state index is 0.0953. The van der Waals surface area contributed by atoms with Crippen molar-refractivity contribution in [2.45, 2.75) is 31.8 Å². The molecule has 1 unspecified atom stereocenters. The number of piperazine rings is 1. The van der Waals surface area contributed by atoms with Crippen molar-refractivity contribution >= 4 is 11.7 Å². The molecule has 1 saturated heterocycles. The Balaban J connectivity index is 1.27. The summed E-state index contributed by atoms with van der Waals surface area (Å²) in [5.74, 6) is 0.954. The molecule has 2 fully saturated rings. The van der Waals surface area contributed by atoms with Gasteiger partial charge in [0.05, 0.1) is 11.4 Å². The molecule has 0 spiro atoms. The third-order valence-electron chi connectivity index (χ3n) is 7.47. The first-order chi connectivity index (χ1) is 18.5. The van der Waals surface area contributed by atoms with Crippen LogP contribution in [0.15, 0.2) is 79.3 Å². The predicted molar refractivity (Wildman–Crippen MR) is 151 cm³/mol. The average molecular weight is 505 g/mol. The van der Waals surface area contributed by atoms with Gasteiger partial charge in [-0.3, -0.25) is 14.8 Å². The van der Waals surface area contributed by atoms with Gasteiger partial charge in [0, 0.05) is 67.0 Å². The van der Waals surface area contributed by atoms with Crippen LogP contribution in [-0.2, 0) is 0 Å². The van der Waals surface area contributed by atoms with Crippen LogP contribution in [0, 0.1) is 0 Å². The Bertz CT molecular complexity index is 1430. The highest BCUT2D eigenvalue weighted by Crippen LogP contribution is 2.32. The Hall–Kier alpha value is -4.10. The molecule has 6 rings (SSSR count). The standard InChI is InChI=1S/C31H32N6O/c1-21-20-37(14-13-36(21)2)31(38)23-8-6-22(7-9-23)25-15-26(19-32-18-25)24-16-29(28-5-3-4-12-33-28)35-30(17-24)34-27-10-11-27/h3-9,12,15-19,21,27H,10-11,13-14,20H2,1-2H3,(H,34,35). The van der Waals surface area contributed by atoms with Crippen molar-refractivity contribution in [3.63, 3.8) is 0 Å². The van der Waals surface area contributed by atoms with Crippen LogP contribution >= 0.6 is 0 Å². The highest BCUT2D eigenvalue weighted by Gasteiger charge is 2.25. The molecule has 1 N–H and O–H groups in total. The highest BCUT2D eigenvalue weighted by molar-refractivity contribution is 5.95. The normalized spacial score (nSPS) is 17.8. The predicted octanol–water partition coefficient (Wildman–Crippen LogP) is 5.22. The lowest BCUT2D eigenvalue weighted by molar-refractivity contribution is 0.0572. The molecule has 3 aromatic heterocycles. The van der Waals surface area contributed by atoms with Gasteiger partial charge >= 0.3 is 0 Å². The van der Waals surface area contributed by atoms with Crippen molar-refractivity contribution in [2.24, 2.45) is 0 Å². The lowest BCUT2D eigenvalue weighted by Gasteiger charge is -2.37. The van der Waals surface area contributed by atoms with Crippen molar-refractivity contribution in [1.82, 2.24) is 24.8 Å². The summed E-state index contributed by atoms with van der Waals surface area (Å²) in [4.78, 5) is 31.2. The van der Waals surface area contributed by atoms with Crippen molar-refractivity contribution in [3.05, 3.63) is 84.8 Å². The fraction of sp³-hybridized carbons (Fsp3) is 0.290. The molecule has 192 valence electrons. The first kappa shape index (κ1) is 24.2. The molecule has 1 aliphatic carbocycles. The summed E-state index contributed by atoms with van der Waals surface area (Å²) < 4.78 is 0. The van der Waals surface area contributed by atoms with E-state index in [-0.39, 0.29) is 5.91 Å². The van der Waals surface area contributed by atoms with E-state index < -0.39 is 0 Å². The van der Waals surface area contributed by atoms with Gasteiger partial charge in [0.15, 0.2) is 0 Å². The minimum absolute atomic E-state index is 0.0953. The van der Waals surface area contributed by atoms with Crippen LogP contribution in [0.3, 0.4) is 0 Å². The van der Waals surface area contributed by atoms with Gasteiger partial charge in [-0.2, -0.15) is 0 Å². The largest absolute Gasteiger partial charge is 0.367 e.